The zero-order chi connectivity index (χ0) is 20.2. The second-order valence-electron chi connectivity index (χ2n) is 5.47. The van der Waals surface area contributed by atoms with Crippen LogP contribution in [0, 0.1) is 0 Å². The fourth-order valence-corrected chi connectivity index (χ4v) is 5.38. The molecule has 0 heterocycles. The van der Waals surface area contributed by atoms with Gasteiger partial charge < -0.3 is 22.2 Å². The van der Waals surface area contributed by atoms with E-state index >= 15 is 0 Å². The first-order valence-electron chi connectivity index (χ1n) is 8.26. The third-order valence-electron chi connectivity index (χ3n) is 3.71. The molecule has 148 valence electrons. The Hall–Kier alpha value is -3.17. The summed E-state index contributed by atoms with van der Waals surface area (Å²) in [4.78, 5) is 12.3. The fraction of sp³-hybridized carbons (Fsp3) is 0. The molecule has 0 aromatic heterocycles. The van der Waals surface area contributed by atoms with Gasteiger partial charge >= 0.3 is 16.5 Å². The molecule has 3 aromatic carbocycles. The van der Waals surface area contributed by atoms with E-state index in [1.807, 2.05) is 30.3 Å². The topological polar surface area (TPSA) is 128 Å². The molecule has 2 amide bonds. The molecule has 0 spiro atoms. The largest absolute Gasteiger partial charge is 2.00 e. The van der Waals surface area contributed by atoms with E-state index < -0.39 is 14.0 Å². The fourth-order valence-electron chi connectivity index (χ4n) is 2.67. The van der Waals surface area contributed by atoms with Crippen molar-refractivity contribution in [2.75, 3.05) is 0 Å². The van der Waals surface area contributed by atoms with Crippen molar-refractivity contribution in [2.45, 2.75) is 0 Å². The smallest absolute Gasteiger partial charge is 0.461 e. The van der Waals surface area contributed by atoms with Crippen molar-refractivity contribution in [2.24, 2.45) is 10.8 Å². The molecule has 3 rings (SSSR count). The van der Waals surface area contributed by atoms with Gasteiger partial charge in [-0.3, -0.25) is 14.8 Å². The van der Waals surface area contributed by atoms with Crippen LogP contribution < -0.4 is 21.6 Å². The second-order valence-corrected chi connectivity index (χ2v) is 7.91. The third-order valence-corrected chi connectivity index (χ3v) is 6.52. The maximum Gasteiger partial charge on any atom is 2.00 e. The Morgan fingerprint density at radius 1 is 0.897 bits per heavy atom. The molecule has 0 bridgehead atoms. The van der Waals surface area contributed by atoms with Crippen LogP contribution >= 0.6 is 7.92 Å². The van der Waals surface area contributed by atoms with Crippen molar-refractivity contribution < 1.29 is 21.3 Å². The molecule has 9 heteroatoms. The Balaban J connectivity index is 0.000000990. The molecule has 0 atom stereocenters. The standard InChI is InChI=1S/C20H18N3OP.N3.Ni/c21-20(24)23-22-15-16-9-7-8-14-19(16)25(17-10-3-1-4-11-17)18-12-5-2-6-13-18;1-3-2;/h1-15H,(H3,21,23,24);;/q;-1;+2/b22-15+;;. The number of urea groups is 1. The summed E-state index contributed by atoms with van der Waals surface area (Å²) in [6.45, 7) is 0. The van der Waals surface area contributed by atoms with Gasteiger partial charge in [-0.15, -0.1) is 0 Å². The van der Waals surface area contributed by atoms with E-state index in [4.69, 9.17) is 16.8 Å². The van der Waals surface area contributed by atoms with Crippen LogP contribution in [-0.4, -0.2) is 12.2 Å². The van der Waals surface area contributed by atoms with Crippen molar-refractivity contribution in [3.8, 4) is 0 Å². The number of carbonyl (C=O) groups excluding carboxylic acids is 1. The minimum absolute atomic E-state index is 0. The second kappa shape index (κ2) is 13.1. The van der Waals surface area contributed by atoms with E-state index in [-0.39, 0.29) is 16.5 Å². The number of benzene rings is 3. The van der Waals surface area contributed by atoms with Gasteiger partial charge in [0.15, 0.2) is 6.03 Å². The summed E-state index contributed by atoms with van der Waals surface area (Å²) in [5, 5.41) is 7.57. The SMILES string of the molecule is NC(=O)[N-]/N=C/c1ccccc1[PH+](c1ccccc1)c1ccccc1.[N-]=[N+]=[N-].[Ni+2]. The van der Waals surface area contributed by atoms with Crippen LogP contribution in [0.15, 0.2) is 90.0 Å². The number of hydrogen-bond donors (Lipinski definition) is 1. The third kappa shape index (κ3) is 7.40. The van der Waals surface area contributed by atoms with Crippen LogP contribution in [-0.2, 0) is 16.5 Å². The Labute approximate surface area is 180 Å². The van der Waals surface area contributed by atoms with Gasteiger partial charge in [-0.25, -0.2) is 0 Å². The molecule has 0 aliphatic heterocycles. The predicted octanol–water partition coefficient (Wildman–Crippen LogP) is 3.83. The van der Waals surface area contributed by atoms with Crippen LogP contribution in [0.5, 0.6) is 0 Å². The van der Waals surface area contributed by atoms with Crippen LogP contribution in [0.25, 0.3) is 21.4 Å². The van der Waals surface area contributed by atoms with Gasteiger partial charge in [0.05, 0.1) is 7.92 Å². The average Bonchev–Trinajstić information content (AvgIpc) is 2.71. The van der Waals surface area contributed by atoms with E-state index in [0.29, 0.717) is 0 Å². The van der Waals surface area contributed by atoms with E-state index in [0.717, 1.165) is 5.56 Å². The molecule has 0 fully saturated rings. The first-order chi connectivity index (χ1) is 13.7. The van der Waals surface area contributed by atoms with Crippen molar-refractivity contribution >= 4 is 36.1 Å². The molecule has 7 nitrogen and oxygen atoms in total. The van der Waals surface area contributed by atoms with Crippen molar-refractivity contribution in [1.29, 1.82) is 0 Å². The number of hydrogen-bond acceptors (Lipinski definition) is 2. The van der Waals surface area contributed by atoms with Crippen LogP contribution in [0.3, 0.4) is 0 Å². The Morgan fingerprint density at radius 2 is 1.34 bits per heavy atom. The van der Waals surface area contributed by atoms with Gasteiger partial charge in [0.2, 0.25) is 0 Å². The van der Waals surface area contributed by atoms with Gasteiger partial charge in [-0.1, -0.05) is 48.5 Å². The van der Waals surface area contributed by atoms with Crippen LogP contribution in [0.4, 0.5) is 4.79 Å². The quantitative estimate of drug-likeness (QED) is 0.119. The van der Waals surface area contributed by atoms with Gasteiger partial charge in [0.1, 0.15) is 15.9 Å². The summed E-state index contributed by atoms with van der Waals surface area (Å²) in [5.74, 6) is 0. The number of nitrogens with zero attached hydrogens (tertiary/aromatic N) is 5. The molecule has 0 radical (unpaired) electrons. The normalized spacial score (nSPS) is 9.69. The predicted molar refractivity (Wildman–Crippen MR) is 117 cm³/mol. The van der Waals surface area contributed by atoms with E-state index in [9.17, 15) is 4.79 Å². The molecule has 0 aliphatic rings. The Kier molecular flexibility index (Phi) is 10.8. The number of rotatable bonds is 5. The molecule has 0 saturated heterocycles. The summed E-state index contributed by atoms with van der Waals surface area (Å²) in [6, 6.07) is 28.2. The average molecular weight is 448 g/mol. The monoisotopic (exact) mass is 447 g/mol. The molecule has 29 heavy (non-hydrogen) atoms. The van der Waals surface area contributed by atoms with Crippen LogP contribution in [0.2, 0.25) is 0 Å². The molecule has 3 aromatic rings. The minimum atomic E-state index is -1.21. The van der Waals surface area contributed by atoms with Gasteiger partial charge in [0, 0.05) is 11.8 Å². The summed E-state index contributed by atoms with van der Waals surface area (Å²) in [6.07, 6.45) is 1.59. The maximum absolute atomic E-state index is 10.8. The molecule has 0 aliphatic carbocycles. The first-order valence-corrected chi connectivity index (χ1v) is 9.76. The summed E-state index contributed by atoms with van der Waals surface area (Å²) in [5.41, 5.74) is 22.8. The van der Waals surface area contributed by atoms with E-state index in [1.54, 1.807) is 6.21 Å². The molecule has 0 saturated carbocycles. The first kappa shape index (κ1) is 23.9. The van der Waals surface area contributed by atoms with E-state index in [2.05, 4.69) is 65.1 Å². The van der Waals surface area contributed by atoms with Crippen molar-refractivity contribution in [3.63, 3.8) is 0 Å². The Morgan fingerprint density at radius 3 is 1.83 bits per heavy atom. The van der Waals surface area contributed by atoms with Crippen molar-refractivity contribution in [1.82, 2.24) is 0 Å². The molecular formula is C20H18N6NiOP+. The maximum atomic E-state index is 10.8. The zero-order valence-corrected chi connectivity index (χ0v) is 17.2. The summed E-state index contributed by atoms with van der Waals surface area (Å²) < 4.78 is 0. The molecule has 2 N–H and O–H groups in total. The van der Waals surface area contributed by atoms with Gasteiger partial charge in [0.25, 0.3) is 0 Å². The van der Waals surface area contributed by atoms with Crippen molar-refractivity contribution in [3.05, 3.63) is 112 Å². The number of amides is 2. The summed E-state index contributed by atoms with van der Waals surface area (Å²) >= 11 is 0. The molecular weight excluding hydrogens is 430 g/mol. The summed E-state index contributed by atoms with van der Waals surface area (Å²) in [7, 11) is -1.21. The minimum Gasteiger partial charge on any atom is -0.461 e. The zero-order valence-electron chi connectivity index (χ0n) is 15.2. The Bertz CT molecular complexity index is 923. The number of nitrogens with two attached hydrogens (primary N) is 1. The molecule has 0 unspecified atom stereocenters. The van der Waals surface area contributed by atoms with Gasteiger partial charge in [-0.2, -0.15) is 0 Å². The van der Waals surface area contributed by atoms with Crippen LogP contribution in [0.1, 0.15) is 5.56 Å². The van der Waals surface area contributed by atoms with Gasteiger partial charge in [-0.05, 0) is 36.4 Å². The number of primary amides is 1. The van der Waals surface area contributed by atoms with E-state index in [1.165, 1.54) is 20.8 Å². The number of carbonyl (C=O) groups is 1.